The molecule has 0 bridgehead atoms. The average Bonchev–Trinajstić information content (AvgIpc) is 3.35. The summed E-state index contributed by atoms with van der Waals surface area (Å²) in [5.41, 5.74) is 0.895. The van der Waals surface area contributed by atoms with Gasteiger partial charge < -0.3 is 10.6 Å². The summed E-state index contributed by atoms with van der Waals surface area (Å²) in [5.74, 6) is 1.70. The van der Waals surface area contributed by atoms with Crippen molar-refractivity contribution in [1.29, 1.82) is 0 Å². The van der Waals surface area contributed by atoms with Gasteiger partial charge in [0.05, 0.1) is 10.2 Å². The minimum atomic E-state index is 0.0873. The number of hydrogen-bond donors (Lipinski definition) is 2. The molecule has 0 saturated heterocycles. The summed E-state index contributed by atoms with van der Waals surface area (Å²) in [4.78, 5) is 20.8. The van der Waals surface area contributed by atoms with Gasteiger partial charge in [0.1, 0.15) is 0 Å². The van der Waals surface area contributed by atoms with Gasteiger partial charge in [-0.2, -0.15) is 0 Å². The maximum absolute atomic E-state index is 11.9. The van der Waals surface area contributed by atoms with Crippen LogP contribution in [-0.4, -0.2) is 21.9 Å². The zero-order chi connectivity index (χ0) is 14.4. The van der Waals surface area contributed by atoms with Crippen LogP contribution in [0.5, 0.6) is 0 Å². The van der Waals surface area contributed by atoms with Crippen molar-refractivity contribution < 1.29 is 4.79 Å². The van der Waals surface area contributed by atoms with Crippen LogP contribution in [0, 0.1) is 11.8 Å². The van der Waals surface area contributed by atoms with Crippen LogP contribution in [-0.2, 0) is 4.79 Å². The number of carbonyl (C=O) groups is 1. The molecule has 4 rings (SSSR count). The van der Waals surface area contributed by atoms with Crippen LogP contribution in [0.3, 0.4) is 0 Å². The molecular formula is C15H18N4OS. The Kier molecular flexibility index (Phi) is 3.06. The number of thiazole rings is 1. The summed E-state index contributed by atoms with van der Waals surface area (Å²) in [5, 5.41) is 7.33. The monoisotopic (exact) mass is 302 g/mol. The van der Waals surface area contributed by atoms with Crippen molar-refractivity contribution in [2.45, 2.75) is 38.6 Å². The highest BCUT2D eigenvalue weighted by Gasteiger charge is 2.31. The smallest absolute Gasteiger partial charge is 0.228 e. The molecule has 2 aromatic rings. The number of pyridine rings is 1. The summed E-state index contributed by atoms with van der Waals surface area (Å²) in [6.07, 6.45) is 6.32. The third kappa shape index (κ3) is 2.72. The topological polar surface area (TPSA) is 66.9 Å². The van der Waals surface area contributed by atoms with E-state index >= 15 is 0 Å². The molecule has 2 aliphatic carbocycles. The van der Waals surface area contributed by atoms with Crippen LogP contribution < -0.4 is 10.6 Å². The lowest BCUT2D eigenvalue weighted by Crippen LogP contribution is -2.16. The molecule has 5 nitrogen and oxygen atoms in total. The minimum absolute atomic E-state index is 0.0873. The van der Waals surface area contributed by atoms with Gasteiger partial charge in [-0.3, -0.25) is 4.79 Å². The standard InChI is InChI=1S/C15H18N4OS/c1-8(9-2-3-9)17-15-18-11-6-7-16-13(12(11)21-15)19-14(20)10-4-5-10/h6-10H,2-5H2,1H3,(H,17,18)(H,16,19,20). The number of amides is 1. The molecule has 21 heavy (non-hydrogen) atoms. The summed E-state index contributed by atoms with van der Waals surface area (Å²) in [6, 6.07) is 2.36. The molecule has 1 atom stereocenters. The first-order valence-electron chi connectivity index (χ1n) is 7.53. The van der Waals surface area contributed by atoms with Gasteiger partial charge in [-0.15, -0.1) is 0 Å². The maximum Gasteiger partial charge on any atom is 0.228 e. The van der Waals surface area contributed by atoms with Gasteiger partial charge in [0, 0.05) is 18.2 Å². The van der Waals surface area contributed by atoms with Crippen molar-refractivity contribution in [3.63, 3.8) is 0 Å². The first kappa shape index (κ1) is 13.0. The number of rotatable bonds is 5. The lowest BCUT2D eigenvalue weighted by molar-refractivity contribution is -0.117. The van der Waals surface area contributed by atoms with Crippen LogP contribution in [0.1, 0.15) is 32.6 Å². The molecule has 1 amide bonds. The quantitative estimate of drug-likeness (QED) is 0.889. The van der Waals surface area contributed by atoms with Gasteiger partial charge in [0.15, 0.2) is 10.9 Å². The predicted molar refractivity (Wildman–Crippen MR) is 84.6 cm³/mol. The summed E-state index contributed by atoms with van der Waals surface area (Å²) in [7, 11) is 0. The van der Waals surface area contributed by atoms with Gasteiger partial charge in [0.25, 0.3) is 0 Å². The van der Waals surface area contributed by atoms with Crippen molar-refractivity contribution in [3.05, 3.63) is 12.3 Å². The molecule has 2 heterocycles. The fourth-order valence-corrected chi connectivity index (χ4v) is 3.48. The second-order valence-electron chi connectivity index (χ2n) is 6.06. The SMILES string of the molecule is CC(Nc1nc2ccnc(NC(=O)C3CC3)c2s1)C1CC1. The second kappa shape index (κ2) is 4.94. The molecule has 0 radical (unpaired) electrons. The summed E-state index contributed by atoms with van der Waals surface area (Å²) in [6.45, 7) is 2.21. The van der Waals surface area contributed by atoms with Crippen LogP contribution in [0.15, 0.2) is 12.3 Å². The van der Waals surface area contributed by atoms with Crippen molar-refractivity contribution in [2.24, 2.45) is 11.8 Å². The van der Waals surface area contributed by atoms with Gasteiger partial charge in [-0.25, -0.2) is 9.97 Å². The zero-order valence-corrected chi connectivity index (χ0v) is 12.7. The first-order valence-corrected chi connectivity index (χ1v) is 8.35. The van der Waals surface area contributed by atoms with E-state index in [9.17, 15) is 4.79 Å². The van der Waals surface area contributed by atoms with Gasteiger partial charge in [-0.05, 0) is 44.6 Å². The number of carbonyl (C=O) groups excluding carboxylic acids is 1. The Morgan fingerprint density at radius 3 is 2.90 bits per heavy atom. The lowest BCUT2D eigenvalue weighted by atomic mass is 10.2. The number of nitrogens with zero attached hydrogens (tertiary/aromatic N) is 2. The lowest BCUT2D eigenvalue weighted by Gasteiger charge is -2.10. The maximum atomic E-state index is 11.9. The first-order chi connectivity index (χ1) is 10.2. The van der Waals surface area contributed by atoms with E-state index in [1.807, 2.05) is 6.07 Å². The molecule has 2 aromatic heterocycles. The molecule has 0 spiro atoms. The third-order valence-corrected chi connectivity index (χ3v) is 5.18. The minimum Gasteiger partial charge on any atom is -0.359 e. The van der Waals surface area contributed by atoms with E-state index in [1.54, 1.807) is 17.5 Å². The number of fused-ring (bicyclic) bond motifs is 1. The largest absolute Gasteiger partial charge is 0.359 e. The molecule has 110 valence electrons. The molecule has 0 aromatic carbocycles. The fourth-order valence-electron chi connectivity index (χ4n) is 2.48. The van der Waals surface area contributed by atoms with E-state index in [2.05, 4.69) is 27.5 Å². The van der Waals surface area contributed by atoms with Crippen molar-refractivity contribution >= 4 is 38.4 Å². The Labute approximate surface area is 127 Å². The Morgan fingerprint density at radius 2 is 2.19 bits per heavy atom. The molecule has 6 heteroatoms. The molecule has 2 saturated carbocycles. The molecule has 2 fully saturated rings. The van der Waals surface area contributed by atoms with Crippen LogP contribution in [0.25, 0.3) is 10.2 Å². The Hall–Kier alpha value is -1.69. The van der Waals surface area contributed by atoms with Crippen LogP contribution >= 0.6 is 11.3 Å². The van der Waals surface area contributed by atoms with Crippen molar-refractivity contribution in [3.8, 4) is 0 Å². The summed E-state index contributed by atoms with van der Waals surface area (Å²) < 4.78 is 0.956. The summed E-state index contributed by atoms with van der Waals surface area (Å²) >= 11 is 1.57. The molecule has 2 aliphatic rings. The van der Waals surface area contributed by atoms with E-state index in [0.717, 1.165) is 34.1 Å². The highest BCUT2D eigenvalue weighted by molar-refractivity contribution is 7.22. The number of anilines is 2. The Bertz CT molecular complexity index is 690. The number of hydrogen-bond acceptors (Lipinski definition) is 5. The Morgan fingerprint density at radius 1 is 1.38 bits per heavy atom. The highest BCUT2D eigenvalue weighted by Crippen LogP contribution is 2.37. The van der Waals surface area contributed by atoms with Crippen molar-refractivity contribution in [2.75, 3.05) is 10.6 Å². The van der Waals surface area contributed by atoms with Crippen molar-refractivity contribution in [1.82, 2.24) is 9.97 Å². The van der Waals surface area contributed by atoms with Gasteiger partial charge in [0.2, 0.25) is 5.91 Å². The molecule has 0 aliphatic heterocycles. The van der Waals surface area contributed by atoms with Gasteiger partial charge in [-0.1, -0.05) is 11.3 Å². The van der Waals surface area contributed by atoms with Crippen LogP contribution in [0.2, 0.25) is 0 Å². The number of nitrogens with one attached hydrogen (secondary N) is 2. The average molecular weight is 302 g/mol. The van der Waals surface area contributed by atoms with E-state index < -0.39 is 0 Å². The zero-order valence-electron chi connectivity index (χ0n) is 11.9. The number of aromatic nitrogens is 2. The third-order valence-electron chi connectivity index (χ3n) is 4.17. The Balaban J connectivity index is 1.58. The molecule has 1 unspecified atom stereocenters. The van der Waals surface area contributed by atoms with Gasteiger partial charge >= 0.3 is 0 Å². The molecule has 2 N–H and O–H groups in total. The van der Waals surface area contributed by atoms with E-state index in [-0.39, 0.29) is 11.8 Å². The highest BCUT2D eigenvalue weighted by atomic mass is 32.1. The fraction of sp³-hybridized carbons (Fsp3) is 0.533. The van der Waals surface area contributed by atoms with E-state index in [1.165, 1.54) is 12.8 Å². The van der Waals surface area contributed by atoms with Crippen LogP contribution in [0.4, 0.5) is 10.9 Å². The van der Waals surface area contributed by atoms with E-state index in [4.69, 9.17) is 0 Å². The molecular weight excluding hydrogens is 284 g/mol. The normalized spacial score (nSPS) is 19.5. The second-order valence-corrected chi connectivity index (χ2v) is 7.06. The van der Waals surface area contributed by atoms with E-state index in [0.29, 0.717) is 11.9 Å². The predicted octanol–water partition coefficient (Wildman–Crippen LogP) is 3.25.